The molecule has 0 aromatic heterocycles. The Hall–Kier alpha value is -0.120. The number of hydrogen-bond acceptors (Lipinski definition) is 3. The topological polar surface area (TPSA) is 41.3 Å². The van der Waals surface area contributed by atoms with Gasteiger partial charge >= 0.3 is 0 Å². The summed E-state index contributed by atoms with van der Waals surface area (Å²) in [6.07, 6.45) is 2.61. The first kappa shape index (κ1) is 16.3. The normalized spacial score (nSPS) is 16.9. The number of nitrogens with zero attached hydrogens (tertiary/aromatic N) is 1. The quantitative estimate of drug-likeness (QED) is 0.710. The molecule has 0 bridgehead atoms. The average molecular weight is 203 g/mol. The summed E-state index contributed by atoms with van der Waals surface area (Å²) < 4.78 is 0. The molecule has 1 rings (SSSR count). The van der Waals surface area contributed by atoms with Gasteiger partial charge in [-0.05, 0) is 39.5 Å². The molecule has 0 amide bonds. The van der Waals surface area contributed by atoms with Gasteiger partial charge in [0.2, 0.25) is 0 Å². The first-order chi connectivity index (χ1) is 6.93. The lowest BCUT2D eigenvalue weighted by atomic mass is 10.3. The number of rotatable bonds is 2. The molecular formula is C11H29N3. The van der Waals surface area contributed by atoms with Gasteiger partial charge in [-0.1, -0.05) is 20.8 Å². The van der Waals surface area contributed by atoms with Crippen LogP contribution in [0, 0.1) is 0 Å². The van der Waals surface area contributed by atoms with Crippen molar-refractivity contribution in [2.24, 2.45) is 5.73 Å². The summed E-state index contributed by atoms with van der Waals surface area (Å²) in [6, 6.07) is 0. The van der Waals surface area contributed by atoms with Crippen LogP contribution in [0.1, 0.15) is 33.6 Å². The lowest BCUT2D eigenvalue weighted by molar-refractivity contribution is 0.293. The van der Waals surface area contributed by atoms with Gasteiger partial charge in [0.15, 0.2) is 0 Å². The van der Waals surface area contributed by atoms with E-state index in [2.05, 4.69) is 22.9 Å². The highest BCUT2D eigenvalue weighted by Crippen LogP contribution is 1.95. The Labute approximate surface area is 90.0 Å². The van der Waals surface area contributed by atoms with Crippen LogP contribution in [-0.4, -0.2) is 44.7 Å². The van der Waals surface area contributed by atoms with Crippen molar-refractivity contribution < 1.29 is 0 Å². The Morgan fingerprint density at radius 2 is 1.79 bits per heavy atom. The Kier molecular flexibility index (Phi) is 17.9. The van der Waals surface area contributed by atoms with Crippen molar-refractivity contribution in [1.82, 2.24) is 10.2 Å². The van der Waals surface area contributed by atoms with Crippen LogP contribution < -0.4 is 11.1 Å². The Morgan fingerprint density at radius 1 is 1.14 bits per heavy atom. The van der Waals surface area contributed by atoms with Crippen molar-refractivity contribution in [3.05, 3.63) is 0 Å². The zero-order valence-electron chi connectivity index (χ0n) is 10.5. The molecule has 0 spiro atoms. The van der Waals surface area contributed by atoms with Crippen molar-refractivity contribution in [2.75, 3.05) is 39.8 Å². The molecule has 1 aliphatic heterocycles. The average Bonchev–Trinajstić information content (AvgIpc) is 2.53. The summed E-state index contributed by atoms with van der Waals surface area (Å²) in [5.41, 5.74) is 4.50. The molecule has 3 N–H and O–H groups in total. The molecule has 1 fully saturated rings. The van der Waals surface area contributed by atoms with Gasteiger partial charge in [-0.25, -0.2) is 0 Å². The second kappa shape index (κ2) is 15.4. The van der Waals surface area contributed by atoms with E-state index in [0.717, 1.165) is 0 Å². The molecule has 0 radical (unpaired) electrons. The zero-order valence-corrected chi connectivity index (χ0v) is 10.5. The van der Waals surface area contributed by atoms with Crippen molar-refractivity contribution in [3.8, 4) is 0 Å². The minimum atomic E-state index is 1.18. The molecule has 1 heterocycles. The van der Waals surface area contributed by atoms with E-state index in [0.29, 0.717) is 0 Å². The molecule has 3 heteroatoms. The largest absolute Gasteiger partial charge is 0.333 e. The Bertz CT molecular complexity index is 78.6. The van der Waals surface area contributed by atoms with E-state index < -0.39 is 0 Å². The first-order valence-corrected chi connectivity index (χ1v) is 5.94. The highest BCUT2D eigenvalue weighted by atomic mass is 15.1. The van der Waals surface area contributed by atoms with Gasteiger partial charge in [-0.15, -0.1) is 0 Å². The molecule has 1 aliphatic rings. The fraction of sp³-hybridized carbons (Fsp3) is 1.00. The SMILES string of the molecule is CC.CCCN1CCCNCC1.CN. The molecule has 14 heavy (non-hydrogen) atoms. The molecule has 1 saturated heterocycles. The summed E-state index contributed by atoms with van der Waals surface area (Å²) in [5, 5.41) is 3.39. The third-order valence-corrected chi connectivity index (χ3v) is 1.97. The summed E-state index contributed by atoms with van der Waals surface area (Å²) in [7, 11) is 1.50. The first-order valence-electron chi connectivity index (χ1n) is 5.94. The molecule has 88 valence electrons. The molecule has 0 aromatic carbocycles. The minimum Gasteiger partial charge on any atom is -0.333 e. The predicted molar refractivity (Wildman–Crippen MR) is 65.7 cm³/mol. The van der Waals surface area contributed by atoms with E-state index in [-0.39, 0.29) is 0 Å². The lowest BCUT2D eigenvalue weighted by Crippen LogP contribution is -2.28. The molecular weight excluding hydrogens is 174 g/mol. The number of nitrogens with one attached hydrogen (secondary N) is 1. The van der Waals surface area contributed by atoms with Crippen LogP contribution in [0.5, 0.6) is 0 Å². The van der Waals surface area contributed by atoms with Crippen LogP contribution in [0.3, 0.4) is 0 Å². The lowest BCUT2D eigenvalue weighted by Gasteiger charge is -2.17. The van der Waals surface area contributed by atoms with Crippen molar-refractivity contribution >= 4 is 0 Å². The summed E-state index contributed by atoms with van der Waals surface area (Å²) in [5.74, 6) is 0. The van der Waals surface area contributed by atoms with Crippen molar-refractivity contribution in [1.29, 1.82) is 0 Å². The van der Waals surface area contributed by atoms with E-state index in [1.54, 1.807) is 0 Å². The van der Waals surface area contributed by atoms with Gasteiger partial charge in [0, 0.05) is 13.1 Å². The van der Waals surface area contributed by atoms with Crippen LogP contribution in [0.15, 0.2) is 0 Å². The standard InChI is InChI=1S/C8H18N2.C2H6.CH5N/c1-2-6-10-7-3-4-9-5-8-10;2*1-2/h9H,2-8H2,1H3;1-2H3;2H2,1H3. The second-order valence-electron chi connectivity index (χ2n) is 2.95. The van der Waals surface area contributed by atoms with Gasteiger partial charge in [0.1, 0.15) is 0 Å². The molecule has 0 atom stereocenters. The molecule has 0 aromatic rings. The summed E-state index contributed by atoms with van der Waals surface area (Å²) in [4.78, 5) is 2.54. The second-order valence-corrected chi connectivity index (χ2v) is 2.95. The van der Waals surface area contributed by atoms with Gasteiger partial charge in [-0.3, -0.25) is 0 Å². The summed E-state index contributed by atoms with van der Waals surface area (Å²) >= 11 is 0. The Morgan fingerprint density at radius 3 is 2.36 bits per heavy atom. The maximum atomic E-state index is 4.50. The Balaban J connectivity index is 0. The summed E-state index contributed by atoms with van der Waals surface area (Å²) in [6.45, 7) is 12.5. The van der Waals surface area contributed by atoms with E-state index in [1.807, 2.05) is 13.8 Å². The molecule has 3 nitrogen and oxygen atoms in total. The van der Waals surface area contributed by atoms with Crippen LogP contribution in [-0.2, 0) is 0 Å². The number of hydrogen-bond donors (Lipinski definition) is 2. The van der Waals surface area contributed by atoms with Crippen LogP contribution in [0.2, 0.25) is 0 Å². The van der Waals surface area contributed by atoms with Crippen LogP contribution in [0.4, 0.5) is 0 Å². The maximum Gasteiger partial charge on any atom is 0.0107 e. The van der Waals surface area contributed by atoms with Crippen molar-refractivity contribution in [3.63, 3.8) is 0 Å². The molecule has 0 aliphatic carbocycles. The van der Waals surface area contributed by atoms with E-state index in [1.165, 1.54) is 52.6 Å². The number of nitrogens with two attached hydrogens (primary N) is 1. The van der Waals surface area contributed by atoms with Gasteiger partial charge < -0.3 is 16.0 Å². The zero-order chi connectivity index (χ0) is 11.2. The smallest absolute Gasteiger partial charge is 0.0107 e. The molecule has 0 saturated carbocycles. The van der Waals surface area contributed by atoms with Crippen molar-refractivity contribution in [2.45, 2.75) is 33.6 Å². The van der Waals surface area contributed by atoms with Crippen LogP contribution in [0.25, 0.3) is 0 Å². The highest BCUT2D eigenvalue weighted by molar-refractivity contribution is 4.64. The van der Waals surface area contributed by atoms with Gasteiger partial charge in [0.05, 0.1) is 0 Å². The fourth-order valence-corrected chi connectivity index (χ4v) is 1.44. The minimum absolute atomic E-state index is 1.18. The van der Waals surface area contributed by atoms with Gasteiger partial charge in [0.25, 0.3) is 0 Å². The highest BCUT2D eigenvalue weighted by Gasteiger charge is 2.05. The van der Waals surface area contributed by atoms with E-state index >= 15 is 0 Å². The third kappa shape index (κ3) is 9.96. The van der Waals surface area contributed by atoms with Gasteiger partial charge in [-0.2, -0.15) is 0 Å². The molecule has 0 unspecified atom stereocenters. The third-order valence-electron chi connectivity index (χ3n) is 1.97. The maximum absolute atomic E-state index is 4.50. The van der Waals surface area contributed by atoms with E-state index in [9.17, 15) is 0 Å². The van der Waals surface area contributed by atoms with Crippen LogP contribution >= 0.6 is 0 Å². The monoisotopic (exact) mass is 203 g/mol. The fourth-order valence-electron chi connectivity index (χ4n) is 1.44. The predicted octanol–water partition coefficient (Wildman–Crippen LogP) is 1.29. The van der Waals surface area contributed by atoms with E-state index in [4.69, 9.17) is 0 Å².